The van der Waals surface area contributed by atoms with Gasteiger partial charge in [-0.2, -0.15) is 0 Å². The molecule has 1 aromatic carbocycles. The number of rotatable bonds is 5. The van der Waals surface area contributed by atoms with Crippen molar-refractivity contribution in [2.24, 2.45) is 0 Å². The maximum absolute atomic E-state index is 4.53. The molecule has 0 radical (unpaired) electrons. The summed E-state index contributed by atoms with van der Waals surface area (Å²) in [6.07, 6.45) is 3.90. The fourth-order valence-corrected chi connectivity index (χ4v) is 2.97. The summed E-state index contributed by atoms with van der Waals surface area (Å²) in [5.41, 5.74) is 2.50. The smallest absolute Gasteiger partial charge is 0.130 e. The zero-order chi connectivity index (χ0) is 13.8. The van der Waals surface area contributed by atoms with Crippen molar-refractivity contribution >= 4 is 15.9 Å². The summed E-state index contributed by atoms with van der Waals surface area (Å²) in [5.74, 6) is 1.07. The van der Waals surface area contributed by atoms with Gasteiger partial charge < -0.3 is 9.88 Å². The van der Waals surface area contributed by atoms with E-state index in [1.54, 1.807) is 0 Å². The average molecular weight is 322 g/mol. The predicted octanol–water partition coefficient (Wildman–Crippen LogP) is 3.67. The van der Waals surface area contributed by atoms with Crippen molar-refractivity contribution in [1.82, 2.24) is 14.9 Å². The van der Waals surface area contributed by atoms with Gasteiger partial charge in [-0.25, -0.2) is 4.98 Å². The number of aromatic nitrogens is 2. The molecule has 0 saturated carbocycles. The second kappa shape index (κ2) is 6.35. The lowest BCUT2D eigenvalue weighted by molar-refractivity contribution is 0.558. The summed E-state index contributed by atoms with van der Waals surface area (Å²) in [4.78, 5) is 4.53. The monoisotopic (exact) mass is 321 g/mol. The van der Waals surface area contributed by atoms with Gasteiger partial charge in [0.1, 0.15) is 5.82 Å². The van der Waals surface area contributed by atoms with Crippen LogP contribution in [0.5, 0.6) is 0 Å². The lowest BCUT2D eigenvalue weighted by Gasteiger charge is -2.20. The fourth-order valence-electron chi connectivity index (χ4n) is 2.34. The number of aryl methyl sites for hydroxylation is 2. The van der Waals surface area contributed by atoms with E-state index < -0.39 is 0 Å². The number of hydrogen-bond donors (Lipinski definition) is 1. The zero-order valence-electron chi connectivity index (χ0n) is 11.7. The van der Waals surface area contributed by atoms with E-state index in [9.17, 15) is 0 Å². The molecule has 0 spiro atoms. The van der Waals surface area contributed by atoms with Gasteiger partial charge in [0, 0.05) is 23.4 Å². The molecular weight excluding hydrogens is 302 g/mol. The SMILES string of the molecule is CCNC(c1cc(C)cc(Br)c1)c1nccn1CC. The van der Waals surface area contributed by atoms with E-state index in [2.05, 4.69) is 69.8 Å². The second-order valence-corrected chi connectivity index (χ2v) is 5.54. The lowest BCUT2D eigenvalue weighted by Crippen LogP contribution is -2.25. The molecule has 1 heterocycles. The molecular formula is C15H20BrN3. The zero-order valence-corrected chi connectivity index (χ0v) is 13.2. The molecule has 2 aromatic rings. The number of nitrogens with zero attached hydrogens (tertiary/aromatic N) is 2. The molecule has 1 atom stereocenters. The van der Waals surface area contributed by atoms with Gasteiger partial charge in [-0.15, -0.1) is 0 Å². The Hall–Kier alpha value is -1.13. The first-order chi connectivity index (χ1) is 9.15. The maximum Gasteiger partial charge on any atom is 0.130 e. The van der Waals surface area contributed by atoms with Crippen molar-refractivity contribution in [2.75, 3.05) is 6.54 Å². The summed E-state index contributed by atoms with van der Waals surface area (Å²) < 4.78 is 3.30. The Morgan fingerprint density at radius 3 is 2.74 bits per heavy atom. The minimum Gasteiger partial charge on any atom is -0.334 e. The van der Waals surface area contributed by atoms with Gasteiger partial charge in [0.05, 0.1) is 6.04 Å². The van der Waals surface area contributed by atoms with E-state index in [0.29, 0.717) is 0 Å². The number of benzene rings is 1. The first-order valence-corrected chi connectivity index (χ1v) is 7.46. The van der Waals surface area contributed by atoms with E-state index in [-0.39, 0.29) is 6.04 Å². The molecule has 1 aromatic heterocycles. The van der Waals surface area contributed by atoms with Crippen LogP contribution in [0.1, 0.15) is 36.8 Å². The van der Waals surface area contributed by atoms with Crippen molar-refractivity contribution < 1.29 is 0 Å². The number of nitrogens with one attached hydrogen (secondary N) is 1. The Kier molecular flexibility index (Phi) is 4.77. The van der Waals surface area contributed by atoms with E-state index in [4.69, 9.17) is 0 Å². The van der Waals surface area contributed by atoms with Crippen molar-refractivity contribution in [3.05, 3.63) is 52.0 Å². The van der Waals surface area contributed by atoms with Gasteiger partial charge in [0.15, 0.2) is 0 Å². The molecule has 0 fully saturated rings. The fraction of sp³-hybridized carbons (Fsp3) is 0.400. The minimum absolute atomic E-state index is 0.135. The summed E-state index contributed by atoms with van der Waals surface area (Å²) in [7, 11) is 0. The molecule has 102 valence electrons. The summed E-state index contributed by atoms with van der Waals surface area (Å²) in [6, 6.07) is 6.64. The van der Waals surface area contributed by atoms with Crippen LogP contribution >= 0.6 is 15.9 Å². The topological polar surface area (TPSA) is 29.9 Å². The molecule has 3 nitrogen and oxygen atoms in total. The Bertz CT molecular complexity index is 528. The minimum atomic E-state index is 0.135. The van der Waals surface area contributed by atoms with Crippen LogP contribution in [-0.4, -0.2) is 16.1 Å². The summed E-state index contributed by atoms with van der Waals surface area (Å²) in [6.45, 7) is 8.22. The highest BCUT2D eigenvalue weighted by molar-refractivity contribution is 9.10. The van der Waals surface area contributed by atoms with Gasteiger partial charge in [-0.3, -0.25) is 0 Å². The molecule has 0 aliphatic rings. The van der Waals surface area contributed by atoms with Crippen LogP contribution in [0.4, 0.5) is 0 Å². The van der Waals surface area contributed by atoms with Crippen LogP contribution in [0.2, 0.25) is 0 Å². The second-order valence-electron chi connectivity index (χ2n) is 4.62. The van der Waals surface area contributed by atoms with Crippen LogP contribution in [0.3, 0.4) is 0 Å². The van der Waals surface area contributed by atoms with Crippen LogP contribution < -0.4 is 5.32 Å². The third-order valence-corrected chi connectivity index (χ3v) is 3.61. The van der Waals surface area contributed by atoms with Crippen molar-refractivity contribution in [1.29, 1.82) is 0 Å². The lowest BCUT2D eigenvalue weighted by atomic mass is 10.0. The molecule has 4 heteroatoms. The maximum atomic E-state index is 4.53. The number of hydrogen-bond acceptors (Lipinski definition) is 2. The van der Waals surface area contributed by atoms with Crippen LogP contribution in [0.25, 0.3) is 0 Å². The van der Waals surface area contributed by atoms with Gasteiger partial charge in [-0.05, 0) is 43.7 Å². The predicted molar refractivity (Wildman–Crippen MR) is 82.3 cm³/mol. The molecule has 19 heavy (non-hydrogen) atoms. The Labute approximate surface area is 123 Å². The highest BCUT2D eigenvalue weighted by atomic mass is 79.9. The van der Waals surface area contributed by atoms with Crippen LogP contribution in [0, 0.1) is 6.92 Å². The van der Waals surface area contributed by atoms with Gasteiger partial charge >= 0.3 is 0 Å². The normalized spacial score (nSPS) is 12.6. The van der Waals surface area contributed by atoms with Crippen LogP contribution in [-0.2, 0) is 6.54 Å². The van der Waals surface area contributed by atoms with E-state index in [1.165, 1.54) is 11.1 Å². The summed E-state index contributed by atoms with van der Waals surface area (Å²) in [5, 5.41) is 3.53. The molecule has 0 aliphatic heterocycles. The number of imidazole rings is 1. The highest BCUT2D eigenvalue weighted by Gasteiger charge is 2.18. The first-order valence-electron chi connectivity index (χ1n) is 6.67. The van der Waals surface area contributed by atoms with E-state index >= 15 is 0 Å². The van der Waals surface area contributed by atoms with Gasteiger partial charge in [0.2, 0.25) is 0 Å². The Morgan fingerprint density at radius 2 is 2.11 bits per heavy atom. The summed E-state index contributed by atoms with van der Waals surface area (Å²) >= 11 is 3.58. The quantitative estimate of drug-likeness (QED) is 0.910. The van der Waals surface area contributed by atoms with Crippen molar-refractivity contribution in [3.63, 3.8) is 0 Å². The molecule has 0 bridgehead atoms. The van der Waals surface area contributed by atoms with E-state index in [0.717, 1.165) is 23.4 Å². The Balaban J connectivity index is 2.45. The standard InChI is InChI=1S/C15H20BrN3/c1-4-17-14(15-18-6-7-19(15)5-2)12-8-11(3)9-13(16)10-12/h6-10,14,17H,4-5H2,1-3H3. The molecule has 0 amide bonds. The van der Waals surface area contributed by atoms with Gasteiger partial charge in [0.25, 0.3) is 0 Å². The first kappa shape index (κ1) is 14.3. The highest BCUT2D eigenvalue weighted by Crippen LogP contribution is 2.25. The molecule has 1 N–H and O–H groups in total. The van der Waals surface area contributed by atoms with E-state index in [1.807, 2.05) is 12.4 Å². The number of halogens is 1. The largest absolute Gasteiger partial charge is 0.334 e. The molecule has 0 aliphatic carbocycles. The van der Waals surface area contributed by atoms with Crippen LogP contribution in [0.15, 0.2) is 35.1 Å². The van der Waals surface area contributed by atoms with Gasteiger partial charge in [-0.1, -0.05) is 28.9 Å². The third-order valence-electron chi connectivity index (χ3n) is 3.15. The van der Waals surface area contributed by atoms with Crippen molar-refractivity contribution in [3.8, 4) is 0 Å². The molecule has 0 saturated heterocycles. The molecule has 1 unspecified atom stereocenters. The molecule has 2 rings (SSSR count). The third kappa shape index (κ3) is 3.25. The average Bonchev–Trinajstić information content (AvgIpc) is 2.82. The Morgan fingerprint density at radius 1 is 1.32 bits per heavy atom. The van der Waals surface area contributed by atoms with Crippen molar-refractivity contribution in [2.45, 2.75) is 33.4 Å².